The summed E-state index contributed by atoms with van der Waals surface area (Å²) in [5.74, 6) is 3.88. The molecule has 0 saturated carbocycles. The number of esters is 3. The van der Waals surface area contributed by atoms with E-state index in [1.807, 2.05) is 0 Å². The minimum atomic E-state index is -0.896. The van der Waals surface area contributed by atoms with E-state index >= 15 is 0 Å². The van der Waals surface area contributed by atoms with Gasteiger partial charge in [-0.05, 0) is 18.2 Å². The highest BCUT2D eigenvalue weighted by atomic mass is 16.5. The summed E-state index contributed by atoms with van der Waals surface area (Å²) in [4.78, 5) is 35.8. The van der Waals surface area contributed by atoms with Crippen LogP contribution in [0.25, 0.3) is 0 Å². The number of terminal acetylenes is 3. The van der Waals surface area contributed by atoms with Crippen LogP contribution >= 0.6 is 0 Å². The molecule has 0 radical (unpaired) electrons. The maximum Gasteiger partial charge on any atom is 0.339 e. The van der Waals surface area contributed by atoms with Crippen LogP contribution in [0.2, 0.25) is 0 Å². The smallest absolute Gasteiger partial charge is 0.339 e. The van der Waals surface area contributed by atoms with Gasteiger partial charge in [0.1, 0.15) is 0 Å². The summed E-state index contributed by atoms with van der Waals surface area (Å²) in [6, 6.07) is 3.63. The average molecular weight is 324 g/mol. The van der Waals surface area contributed by atoms with Gasteiger partial charge in [-0.2, -0.15) is 0 Å². The molecule has 1 aromatic rings. The van der Waals surface area contributed by atoms with Gasteiger partial charge in [0.2, 0.25) is 0 Å². The van der Waals surface area contributed by atoms with Crippen molar-refractivity contribution in [2.75, 3.05) is 19.8 Å². The molecule has 0 atom stereocenters. The molecule has 6 nitrogen and oxygen atoms in total. The van der Waals surface area contributed by atoms with Crippen molar-refractivity contribution in [1.29, 1.82) is 0 Å². The Bertz CT molecular complexity index is 770. The molecule has 0 aliphatic heterocycles. The Kier molecular flexibility index (Phi) is 7.15. The van der Waals surface area contributed by atoms with Crippen molar-refractivity contribution in [3.8, 4) is 37.0 Å². The Balaban J connectivity index is 3.19. The SMILES string of the molecule is C#CCOC(=O)c1ccc(C(=O)OCC#C)c(C(=O)OCC#C)c1. The highest BCUT2D eigenvalue weighted by Gasteiger charge is 2.22. The number of rotatable bonds is 6. The van der Waals surface area contributed by atoms with Crippen molar-refractivity contribution in [3.63, 3.8) is 0 Å². The first-order chi connectivity index (χ1) is 11.5. The van der Waals surface area contributed by atoms with Crippen molar-refractivity contribution < 1.29 is 28.6 Å². The van der Waals surface area contributed by atoms with E-state index in [-0.39, 0.29) is 36.5 Å². The largest absolute Gasteiger partial charge is 0.449 e. The third-order valence-corrected chi connectivity index (χ3v) is 2.55. The van der Waals surface area contributed by atoms with E-state index in [4.69, 9.17) is 33.5 Å². The Morgan fingerprint density at radius 1 is 0.750 bits per heavy atom. The van der Waals surface area contributed by atoms with Crippen LogP contribution in [0.3, 0.4) is 0 Å². The van der Waals surface area contributed by atoms with E-state index in [1.165, 1.54) is 12.1 Å². The third-order valence-electron chi connectivity index (χ3n) is 2.55. The zero-order valence-electron chi connectivity index (χ0n) is 12.5. The Hall–Kier alpha value is -3.69. The number of hydrogen-bond acceptors (Lipinski definition) is 6. The lowest BCUT2D eigenvalue weighted by molar-refractivity contribution is 0.0507. The van der Waals surface area contributed by atoms with Crippen LogP contribution in [0.15, 0.2) is 18.2 Å². The Labute approximate surface area is 139 Å². The standard InChI is InChI=1S/C18H12O6/c1-4-9-22-16(19)13-7-8-14(17(20)23-10-5-2)15(12-13)18(21)24-11-6-3/h1-3,7-8,12H,9-11H2. The molecule has 1 aromatic carbocycles. The van der Waals surface area contributed by atoms with Crippen LogP contribution in [0.1, 0.15) is 31.1 Å². The van der Waals surface area contributed by atoms with E-state index in [9.17, 15) is 14.4 Å². The number of carbonyl (C=O) groups is 3. The quantitative estimate of drug-likeness (QED) is 0.442. The van der Waals surface area contributed by atoms with E-state index in [1.54, 1.807) is 0 Å². The highest BCUT2D eigenvalue weighted by Crippen LogP contribution is 2.16. The number of hydrogen-bond donors (Lipinski definition) is 0. The molecule has 0 saturated heterocycles. The van der Waals surface area contributed by atoms with Gasteiger partial charge in [-0.1, -0.05) is 17.8 Å². The predicted molar refractivity (Wildman–Crippen MR) is 83.8 cm³/mol. The Morgan fingerprint density at radius 3 is 1.71 bits per heavy atom. The molecule has 24 heavy (non-hydrogen) atoms. The van der Waals surface area contributed by atoms with Gasteiger partial charge in [0.15, 0.2) is 19.8 Å². The minimum absolute atomic E-state index is 0.00593. The van der Waals surface area contributed by atoms with Gasteiger partial charge < -0.3 is 14.2 Å². The first kappa shape index (κ1) is 18.4. The molecule has 0 unspecified atom stereocenters. The van der Waals surface area contributed by atoms with Crippen LogP contribution < -0.4 is 0 Å². The molecule has 0 fully saturated rings. The summed E-state index contributed by atoms with van der Waals surface area (Å²) in [7, 11) is 0. The topological polar surface area (TPSA) is 78.9 Å². The average Bonchev–Trinajstić information content (AvgIpc) is 2.61. The molecular formula is C18H12O6. The molecule has 0 heterocycles. The molecule has 120 valence electrons. The van der Waals surface area contributed by atoms with Crippen LogP contribution in [-0.2, 0) is 14.2 Å². The summed E-state index contributed by atoms with van der Waals surface area (Å²) in [6.07, 6.45) is 15.0. The molecular weight excluding hydrogens is 312 g/mol. The van der Waals surface area contributed by atoms with Gasteiger partial charge in [0, 0.05) is 0 Å². The van der Waals surface area contributed by atoms with Crippen molar-refractivity contribution in [1.82, 2.24) is 0 Å². The number of benzene rings is 1. The van der Waals surface area contributed by atoms with Gasteiger partial charge in [0.05, 0.1) is 16.7 Å². The maximum absolute atomic E-state index is 12.0. The third kappa shape index (κ3) is 4.94. The second-order valence-electron chi connectivity index (χ2n) is 4.10. The van der Waals surface area contributed by atoms with Crippen molar-refractivity contribution in [2.24, 2.45) is 0 Å². The molecule has 0 aliphatic rings. The van der Waals surface area contributed by atoms with Crippen LogP contribution in [-0.4, -0.2) is 37.7 Å². The van der Waals surface area contributed by atoms with E-state index < -0.39 is 17.9 Å². The fourth-order valence-corrected chi connectivity index (χ4v) is 1.58. The fourth-order valence-electron chi connectivity index (χ4n) is 1.58. The molecule has 1 rings (SSSR count). The van der Waals surface area contributed by atoms with E-state index in [0.717, 1.165) is 6.07 Å². The summed E-state index contributed by atoms with van der Waals surface area (Å²) >= 11 is 0. The molecule has 0 N–H and O–H groups in total. The first-order valence-electron chi connectivity index (χ1n) is 6.51. The monoisotopic (exact) mass is 324 g/mol. The van der Waals surface area contributed by atoms with Crippen molar-refractivity contribution >= 4 is 17.9 Å². The summed E-state index contributed by atoms with van der Waals surface area (Å²) in [6.45, 7) is -0.811. The van der Waals surface area contributed by atoms with Crippen LogP contribution in [0, 0.1) is 37.0 Å². The van der Waals surface area contributed by atoms with Crippen molar-refractivity contribution in [3.05, 3.63) is 34.9 Å². The second-order valence-corrected chi connectivity index (χ2v) is 4.10. The zero-order valence-corrected chi connectivity index (χ0v) is 12.5. The number of carbonyl (C=O) groups excluding carboxylic acids is 3. The van der Waals surface area contributed by atoms with Crippen LogP contribution in [0.5, 0.6) is 0 Å². The van der Waals surface area contributed by atoms with Gasteiger partial charge >= 0.3 is 17.9 Å². The Morgan fingerprint density at radius 2 is 1.21 bits per heavy atom. The molecule has 0 aromatic heterocycles. The summed E-state index contributed by atoms with van der Waals surface area (Å²) < 4.78 is 14.3. The number of ether oxygens (including phenoxy) is 3. The van der Waals surface area contributed by atoms with Gasteiger partial charge in [-0.15, -0.1) is 19.3 Å². The molecule has 0 bridgehead atoms. The van der Waals surface area contributed by atoms with Crippen molar-refractivity contribution in [2.45, 2.75) is 0 Å². The normalized spacial score (nSPS) is 8.88. The van der Waals surface area contributed by atoms with Gasteiger partial charge in [0.25, 0.3) is 0 Å². The molecule has 0 amide bonds. The minimum Gasteiger partial charge on any atom is -0.449 e. The van der Waals surface area contributed by atoms with Crippen LogP contribution in [0.4, 0.5) is 0 Å². The fraction of sp³-hybridized carbons (Fsp3) is 0.167. The predicted octanol–water partition coefficient (Wildman–Crippen LogP) is 1.06. The second kappa shape index (κ2) is 9.35. The lowest BCUT2D eigenvalue weighted by Gasteiger charge is -2.09. The van der Waals surface area contributed by atoms with E-state index in [2.05, 4.69) is 17.8 Å². The summed E-state index contributed by atoms with van der Waals surface area (Å²) in [5.41, 5.74) is -0.324. The molecule has 6 heteroatoms. The van der Waals surface area contributed by atoms with Gasteiger partial charge in [-0.25, -0.2) is 14.4 Å². The first-order valence-corrected chi connectivity index (χ1v) is 6.51. The molecule has 0 aliphatic carbocycles. The van der Waals surface area contributed by atoms with E-state index in [0.29, 0.717) is 0 Å². The highest BCUT2D eigenvalue weighted by molar-refractivity contribution is 6.05. The molecule has 0 spiro atoms. The zero-order chi connectivity index (χ0) is 17.9. The lowest BCUT2D eigenvalue weighted by atomic mass is 10.0. The summed E-state index contributed by atoms with van der Waals surface area (Å²) in [5, 5.41) is 0. The maximum atomic E-state index is 12.0. The lowest BCUT2D eigenvalue weighted by Crippen LogP contribution is -2.16. The van der Waals surface area contributed by atoms with Gasteiger partial charge in [-0.3, -0.25) is 0 Å².